The Bertz CT molecular complexity index is 535. The van der Waals surface area contributed by atoms with Gasteiger partial charge in [-0.15, -0.1) is 0 Å². The fourth-order valence-corrected chi connectivity index (χ4v) is 4.57. The van der Waals surface area contributed by atoms with E-state index in [4.69, 9.17) is 0 Å². The number of aryl methyl sites for hydroxylation is 2. The number of rotatable bonds is 2. The van der Waals surface area contributed by atoms with Gasteiger partial charge in [0.15, 0.2) is 9.84 Å². The lowest BCUT2D eigenvalue weighted by molar-refractivity contribution is 0.501. The van der Waals surface area contributed by atoms with Crippen LogP contribution in [0.4, 0.5) is 0 Å². The van der Waals surface area contributed by atoms with Crippen LogP contribution in [0.5, 0.6) is 0 Å². The highest BCUT2D eigenvalue weighted by Gasteiger charge is 2.32. The number of nitrogens with one attached hydrogen (secondary N) is 1. The molecule has 1 aromatic rings. The van der Waals surface area contributed by atoms with Crippen LogP contribution in [-0.4, -0.2) is 20.7 Å². The van der Waals surface area contributed by atoms with Crippen molar-refractivity contribution in [1.29, 1.82) is 0 Å². The zero-order valence-electron chi connectivity index (χ0n) is 10.6. The van der Waals surface area contributed by atoms with Crippen molar-refractivity contribution in [3.8, 4) is 0 Å². The van der Waals surface area contributed by atoms with E-state index in [1.165, 1.54) is 0 Å². The monoisotopic (exact) mass is 253 g/mol. The minimum atomic E-state index is -3.09. The topological polar surface area (TPSA) is 46.2 Å². The molecule has 94 valence electrons. The van der Waals surface area contributed by atoms with Gasteiger partial charge in [-0.2, -0.15) is 0 Å². The van der Waals surface area contributed by atoms with Crippen LogP contribution >= 0.6 is 0 Å². The molecule has 1 N–H and O–H groups in total. The quantitative estimate of drug-likeness (QED) is 0.878. The highest BCUT2D eigenvalue weighted by molar-refractivity contribution is 7.91. The number of fused-ring (bicyclic) bond motifs is 1. The second-order valence-corrected chi connectivity index (χ2v) is 6.71. The molecule has 0 saturated heterocycles. The van der Waals surface area contributed by atoms with Gasteiger partial charge < -0.3 is 5.32 Å². The first-order chi connectivity index (χ1) is 7.97. The molecule has 0 fully saturated rings. The van der Waals surface area contributed by atoms with Crippen LogP contribution in [0.25, 0.3) is 0 Å². The van der Waals surface area contributed by atoms with Crippen LogP contribution in [0.15, 0.2) is 17.0 Å². The zero-order valence-corrected chi connectivity index (χ0v) is 11.4. The van der Waals surface area contributed by atoms with E-state index < -0.39 is 9.84 Å². The molecule has 2 rings (SSSR count). The summed E-state index contributed by atoms with van der Waals surface area (Å²) in [6, 6.07) is 4.10. The van der Waals surface area contributed by atoms with Crippen LogP contribution < -0.4 is 5.32 Å². The van der Waals surface area contributed by atoms with Gasteiger partial charge >= 0.3 is 0 Å². The Hall–Kier alpha value is -0.870. The minimum absolute atomic E-state index is 0.179. The van der Waals surface area contributed by atoms with E-state index >= 15 is 0 Å². The Balaban J connectivity index is 2.68. The summed E-state index contributed by atoms with van der Waals surface area (Å²) in [6.07, 6.45) is 0.674. The summed E-state index contributed by atoms with van der Waals surface area (Å²) in [7, 11) is -3.09. The lowest BCUT2D eigenvalue weighted by Crippen LogP contribution is -2.31. The summed E-state index contributed by atoms with van der Waals surface area (Å²) >= 11 is 0. The van der Waals surface area contributed by atoms with Gasteiger partial charge in [0.25, 0.3) is 0 Å². The van der Waals surface area contributed by atoms with Crippen molar-refractivity contribution in [3.05, 3.63) is 28.8 Å². The standard InChI is InChI=1S/C13H19NO2S/c1-4-14-11-7-8-17(15,16)13-10(3)6-5-9(2)12(11)13/h5-6,11,14H,4,7-8H2,1-3H3. The SMILES string of the molecule is CCNC1CCS(=O)(=O)c2c(C)ccc(C)c21. The van der Waals surface area contributed by atoms with E-state index in [1.54, 1.807) is 0 Å². The normalized spacial score (nSPS) is 22.2. The third-order valence-electron chi connectivity index (χ3n) is 3.40. The van der Waals surface area contributed by atoms with Crippen molar-refractivity contribution in [1.82, 2.24) is 5.32 Å². The summed E-state index contributed by atoms with van der Waals surface area (Å²) in [6.45, 7) is 6.78. The Morgan fingerprint density at radius 1 is 1.29 bits per heavy atom. The minimum Gasteiger partial charge on any atom is -0.310 e. The first-order valence-corrected chi connectivity index (χ1v) is 7.69. The molecule has 3 nitrogen and oxygen atoms in total. The molecular formula is C13H19NO2S. The highest BCUT2D eigenvalue weighted by atomic mass is 32.2. The molecule has 4 heteroatoms. The molecule has 1 unspecified atom stereocenters. The average Bonchev–Trinajstić information content (AvgIpc) is 2.26. The fourth-order valence-electron chi connectivity index (χ4n) is 2.62. The molecule has 0 saturated carbocycles. The van der Waals surface area contributed by atoms with Gasteiger partial charge in [0.2, 0.25) is 0 Å². The van der Waals surface area contributed by atoms with Crippen LogP contribution in [0.1, 0.15) is 36.1 Å². The number of benzene rings is 1. The molecular weight excluding hydrogens is 234 g/mol. The van der Waals surface area contributed by atoms with Crippen molar-refractivity contribution in [3.63, 3.8) is 0 Å². The molecule has 1 aliphatic heterocycles. The lowest BCUT2D eigenvalue weighted by atomic mass is 9.96. The predicted molar refractivity (Wildman–Crippen MR) is 69.0 cm³/mol. The van der Waals surface area contributed by atoms with E-state index in [0.29, 0.717) is 11.3 Å². The summed E-state index contributed by atoms with van der Waals surface area (Å²) in [5.74, 6) is 0.252. The fraction of sp³-hybridized carbons (Fsp3) is 0.538. The van der Waals surface area contributed by atoms with E-state index in [0.717, 1.165) is 23.2 Å². The van der Waals surface area contributed by atoms with Crippen LogP contribution in [-0.2, 0) is 9.84 Å². The molecule has 1 heterocycles. The largest absolute Gasteiger partial charge is 0.310 e. The zero-order chi connectivity index (χ0) is 12.6. The number of hydrogen-bond donors (Lipinski definition) is 1. The van der Waals surface area contributed by atoms with Crippen LogP contribution in [0, 0.1) is 13.8 Å². The highest BCUT2D eigenvalue weighted by Crippen LogP contribution is 2.36. The van der Waals surface area contributed by atoms with Gasteiger partial charge in [0.1, 0.15) is 0 Å². The molecule has 1 aliphatic rings. The Labute approximate surface area is 103 Å². The Morgan fingerprint density at radius 3 is 2.59 bits per heavy atom. The lowest BCUT2D eigenvalue weighted by Gasteiger charge is -2.29. The molecule has 1 aromatic carbocycles. The smallest absolute Gasteiger partial charge is 0.179 e. The van der Waals surface area contributed by atoms with E-state index in [1.807, 2.05) is 32.9 Å². The third kappa shape index (κ3) is 2.11. The Morgan fingerprint density at radius 2 is 1.94 bits per heavy atom. The van der Waals surface area contributed by atoms with Gasteiger partial charge in [-0.3, -0.25) is 0 Å². The van der Waals surface area contributed by atoms with Gasteiger partial charge in [0.05, 0.1) is 10.6 Å². The van der Waals surface area contributed by atoms with Crippen molar-refractivity contribution < 1.29 is 8.42 Å². The van der Waals surface area contributed by atoms with Crippen molar-refractivity contribution >= 4 is 9.84 Å². The second kappa shape index (κ2) is 4.42. The van der Waals surface area contributed by atoms with E-state index in [9.17, 15) is 8.42 Å². The molecule has 0 aliphatic carbocycles. The predicted octanol–water partition coefficient (Wildman–Crippen LogP) is 2.13. The van der Waals surface area contributed by atoms with Crippen molar-refractivity contribution in [2.24, 2.45) is 0 Å². The van der Waals surface area contributed by atoms with Gasteiger partial charge in [-0.25, -0.2) is 8.42 Å². The molecule has 17 heavy (non-hydrogen) atoms. The van der Waals surface area contributed by atoms with Crippen molar-refractivity contribution in [2.45, 2.75) is 38.1 Å². The van der Waals surface area contributed by atoms with E-state index in [2.05, 4.69) is 5.32 Å². The second-order valence-electron chi connectivity index (χ2n) is 4.66. The maximum atomic E-state index is 12.2. The molecule has 0 radical (unpaired) electrons. The first kappa shape index (κ1) is 12.6. The molecule has 0 amide bonds. The Kier molecular flexibility index (Phi) is 3.27. The molecule has 0 spiro atoms. The molecule has 0 aromatic heterocycles. The third-order valence-corrected chi connectivity index (χ3v) is 5.33. The maximum absolute atomic E-state index is 12.2. The van der Waals surface area contributed by atoms with Gasteiger partial charge in [0, 0.05) is 6.04 Å². The maximum Gasteiger partial charge on any atom is 0.179 e. The van der Waals surface area contributed by atoms with Crippen LogP contribution in [0.2, 0.25) is 0 Å². The average molecular weight is 253 g/mol. The number of sulfone groups is 1. The van der Waals surface area contributed by atoms with Crippen molar-refractivity contribution in [2.75, 3.05) is 12.3 Å². The van der Waals surface area contributed by atoms with Gasteiger partial charge in [-0.05, 0) is 43.5 Å². The number of hydrogen-bond acceptors (Lipinski definition) is 3. The summed E-state index contributed by atoms with van der Waals surface area (Å²) in [5, 5.41) is 3.38. The van der Waals surface area contributed by atoms with E-state index in [-0.39, 0.29) is 11.8 Å². The summed E-state index contributed by atoms with van der Waals surface area (Å²) < 4.78 is 24.3. The molecule has 0 bridgehead atoms. The van der Waals surface area contributed by atoms with Crippen LogP contribution in [0.3, 0.4) is 0 Å². The first-order valence-electron chi connectivity index (χ1n) is 6.03. The summed E-state index contributed by atoms with van der Waals surface area (Å²) in [4.78, 5) is 0.565. The molecule has 1 atom stereocenters. The summed E-state index contributed by atoms with van der Waals surface area (Å²) in [5.41, 5.74) is 2.92. The van der Waals surface area contributed by atoms with Gasteiger partial charge in [-0.1, -0.05) is 19.1 Å².